The summed E-state index contributed by atoms with van der Waals surface area (Å²) < 4.78 is 26.7. The van der Waals surface area contributed by atoms with Crippen molar-refractivity contribution < 1.29 is 8.42 Å². The molecule has 0 bridgehead atoms. The molecule has 2 rings (SSSR count). The number of hydrogen-bond acceptors (Lipinski definition) is 5. The molecule has 0 unspecified atom stereocenters. The molecule has 0 aliphatic heterocycles. The lowest BCUT2D eigenvalue weighted by molar-refractivity contribution is 0.587. The lowest BCUT2D eigenvalue weighted by atomic mass is 10.2. The van der Waals surface area contributed by atoms with Gasteiger partial charge in [-0.25, -0.2) is 18.4 Å². The summed E-state index contributed by atoms with van der Waals surface area (Å²) in [4.78, 5) is 8.00. The van der Waals surface area contributed by atoms with Crippen molar-refractivity contribution in [3.63, 3.8) is 0 Å². The standard InChI is InChI=1S/C15H18Cl2N4O2S/c1-9(2)8-24(22,23)21-13-6-11(4-5-12(13)16)19-14-10(3)7-18-15(17)20-14/h4-7,9,21H,8H2,1-3H3,(H,18,19,20). The number of nitrogens with one attached hydrogen (secondary N) is 2. The van der Waals surface area contributed by atoms with Gasteiger partial charge in [-0.2, -0.15) is 0 Å². The third kappa shape index (κ3) is 5.22. The van der Waals surface area contributed by atoms with Crippen LogP contribution in [0.2, 0.25) is 10.3 Å². The molecule has 24 heavy (non-hydrogen) atoms. The highest BCUT2D eigenvalue weighted by Gasteiger charge is 2.15. The first-order chi connectivity index (χ1) is 11.2. The SMILES string of the molecule is Cc1cnc(Cl)nc1Nc1ccc(Cl)c(NS(=O)(=O)CC(C)C)c1. The summed E-state index contributed by atoms with van der Waals surface area (Å²) in [5.41, 5.74) is 1.73. The molecular formula is C15H18Cl2N4O2S. The zero-order valence-electron chi connectivity index (χ0n) is 13.5. The Kier molecular flexibility index (Phi) is 5.90. The van der Waals surface area contributed by atoms with Gasteiger partial charge in [-0.3, -0.25) is 4.72 Å². The van der Waals surface area contributed by atoms with Crippen molar-refractivity contribution in [2.45, 2.75) is 20.8 Å². The van der Waals surface area contributed by atoms with Gasteiger partial charge in [0.2, 0.25) is 15.3 Å². The quantitative estimate of drug-likeness (QED) is 0.723. The van der Waals surface area contributed by atoms with Gasteiger partial charge in [-0.1, -0.05) is 25.4 Å². The number of hydrogen-bond donors (Lipinski definition) is 2. The van der Waals surface area contributed by atoms with Crippen LogP contribution in [0.1, 0.15) is 19.4 Å². The molecule has 9 heteroatoms. The average molecular weight is 389 g/mol. The zero-order chi connectivity index (χ0) is 17.9. The molecule has 1 heterocycles. The molecule has 0 aliphatic rings. The van der Waals surface area contributed by atoms with Crippen LogP contribution in [0.25, 0.3) is 0 Å². The third-order valence-corrected chi connectivity index (χ3v) is 5.14. The fourth-order valence-corrected chi connectivity index (χ4v) is 3.83. The van der Waals surface area contributed by atoms with Gasteiger partial charge in [0.25, 0.3) is 0 Å². The van der Waals surface area contributed by atoms with Crippen LogP contribution in [-0.4, -0.2) is 24.1 Å². The highest BCUT2D eigenvalue weighted by atomic mass is 35.5. The summed E-state index contributed by atoms with van der Waals surface area (Å²) in [5, 5.41) is 3.51. The van der Waals surface area contributed by atoms with E-state index in [1.165, 1.54) is 0 Å². The Hall–Kier alpha value is -1.57. The fourth-order valence-electron chi connectivity index (χ4n) is 2.01. The van der Waals surface area contributed by atoms with Gasteiger partial charge in [0, 0.05) is 17.4 Å². The van der Waals surface area contributed by atoms with Crippen molar-refractivity contribution >= 4 is 50.4 Å². The smallest absolute Gasteiger partial charge is 0.233 e. The minimum atomic E-state index is -3.47. The molecule has 0 amide bonds. The Balaban J connectivity index is 2.27. The maximum absolute atomic E-state index is 12.1. The minimum Gasteiger partial charge on any atom is -0.340 e. The average Bonchev–Trinajstić information content (AvgIpc) is 2.44. The Morgan fingerprint density at radius 3 is 2.62 bits per heavy atom. The predicted molar refractivity (Wildman–Crippen MR) is 98.8 cm³/mol. The van der Waals surface area contributed by atoms with E-state index in [9.17, 15) is 8.42 Å². The molecule has 130 valence electrons. The molecule has 0 fully saturated rings. The third-order valence-electron chi connectivity index (χ3n) is 2.99. The van der Waals surface area contributed by atoms with Crippen molar-refractivity contribution in [3.8, 4) is 0 Å². The number of nitrogens with zero attached hydrogens (tertiary/aromatic N) is 2. The van der Waals surface area contributed by atoms with E-state index in [0.29, 0.717) is 22.2 Å². The van der Waals surface area contributed by atoms with Crippen LogP contribution < -0.4 is 10.0 Å². The number of rotatable bonds is 6. The molecule has 2 N–H and O–H groups in total. The van der Waals surface area contributed by atoms with Crippen LogP contribution in [0.15, 0.2) is 24.4 Å². The van der Waals surface area contributed by atoms with E-state index in [2.05, 4.69) is 20.0 Å². The second-order valence-electron chi connectivity index (χ2n) is 5.77. The van der Waals surface area contributed by atoms with E-state index in [-0.39, 0.29) is 17.0 Å². The largest absolute Gasteiger partial charge is 0.340 e. The Labute approximate surface area is 151 Å². The van der Waals surface area contributed by atoms with Gasteiger partial charge in [-0.15, -0.1) is 0 Å². The van der Waals surface area contributed by atoms with E-state index in [0.717, 1.165) is 5.56 Å². The van der Waals surface area contributed by atoms with Gasteiger partial charge in [0.05, 0.1) is 16.5 Å². The fraction of sp³-hybridized carbons (Fsp3) is 0.333. The van der Waals surface area contributed by atoms with Gasteiger partial charge < -0.3 is 5.32 Å². The molecule has 0 atom stereocenters. The van der Waals surface area contributed by atoms with Crippen molar-refractivity contribution in [1.82, 2.24) is 9.97 Å². The molecule has 0 spiro atoms. The Bertz CT molecular complexity index is 841. The van der Waals surface area contributed by atoms with E-state index >= 15 is 0 Å². The van der Waals surface area contributed by atoms with E-state index in [4.69, 9.17) is 23.2 Å². The van der Waals surface area contributed by atoms with Gasteiger partial charge in [0.1, 0.15) is 5.82 Å². The van der Waals surface area contributed by atoms with Crippen LogP contribution in [0.4, 0.5) is 17.2 Å². The monoisotopic (exact) mass is 388 g/mol. The van der Waals surface area contributed by atoms with Crippen molar-refractivity contribution in [2.75, 3.05) is 15.8 Å². The van der Waals surface area contributed by atoms with E-state index in [1.807, 2.05) is 20.8 Å². The first kappa shape index (κ1) is 18.8. The van der Waals surface area contributed by atoms with Crippen LogP contribution in [0.5, 0.6) is 0 Å². The van der Waals surface area contributed by atoms with Crippen LogP contribution in [0.3, 0.4) is 0 Å². The first-order valence-corrected chi connectivity index (χ1v) is 9.63. The number of aryl methyl sites for hydroxylation is 1. The number of halogens is 2. The van der Waals surface area contributed by atoms with Gasteiger partial charge in [0.15, 0.2) is 0 Å². The van der Waals surface area contributed by atoms with Crippen molar-refractivity contribution in [2.24, 2.45) is 5.92 Å². The molecule has 0 radical (unpaired) electrons. The summed E-state index contributed by atoms with van der Waals surface area (Å²) in [6.45, 7) is 5.50. The Morgan fingerprint density at radius 2 is 1.96 bits per heavy atom. The van der Waals surface area contributed by atoms with E-state index in [1.54, 1.807) is 24.4 Å². The molecule has 1 aromatic heterocycles. The zero-order valence-corrected chi connectivity index (χ0v) is 15.8. The van der Waals surface area contributed by atoms with Crippen LogP contribution in [0, 0.1) is 12.8 Å². The minimum absolute atomic E-state index is 0.00777. The second kappa shape index (κ2) is 7.55. The molecule has 0 saturated carbocycles. The van der Waals surface area contributed by atoms with Gasteiger partial charge >= 0.3 is 0 Å². The lowest BCUT2D eigenvalue weighted by Crippen LogP contribution is -2.20. The Morgan fingerprint density at radius 1 is 1.25 bits per heavy atom. The highest BCUT2D eigenvalue weighted by Crippen LogP contribution is 2.29. The summed E-state index contributed by atoms with van der Waals surface area (Å²) in [6.07, 6.45) is 1.60. The maximum atomic E-state index is 12.1. The number of benzene rings is 1. The molecule has 1 aromatic carbocycles. The second-order valence-corrected chi connectivity index (χ2v) is 8.28. The van der Waals surface area contributed by atoms with Crippen LogP contribution >= 0.6 is 23.2 Å². The van der Waals surface area contributed by atoms with Gasteiger partial charge in [-0.05, 0) is 42.6 Å². The van der Waals surface area contributed by atoms with Crippen LogP contribution in [-0.2, 0) is 10.0 Å². The molecule has 2 aromatic rings. The highest BCUT2D eigenvalue weighted by molar-refractivity contribution is 7.92. The maximum Gasteiger partial charge on any atom is 0.233 e. The molecule has 0 saturated heterocycles. The van der Waals surface area contributed by atoms with E-state index < -0.39 is 10.0 Å². The molecule has 6 nitrogen and oxygen atoms in total. The number of anilines is 3. The summed E-state index contributed by atoms with van der Waals surface area (Å²) in [6, 6.07) is 4.93. The number of aromatic nitrogens is 2. The summed E-state index contributed by atoms with van der Waals surface area (Å²) in [7, 11) is -3.47. The van der Waals surface area contributed by atoms with Crippen molar-refractivity contribution in [3.05, 3.63) is 40.3 Å². The van der Waals surface area contributed by atoms with Crippen molar-refractivity contribution in [1.29, 1.82) is 0 Å². The predicted octanol–water partition coefficient (Wildman–Crippen LogP) is 4.23. The molecular weight excluding hydrogens is 371 g/mol. The number of sulfonamides is 1. The first-order valence-electron chi connectivity index (χ1n) is 7.22. The molecule has 0 aliphatic carbocycles. The lowest BCUT2D eigenvalue weighted by Gasteiger charge is -2.14. The topological polar surface area (TPSA) is 84.0 Å². The summed E-state index contributed by atoms with van der Waals surface area (Å²) >= 11 is 11.9. The normalized spacial score (nSPS) is 11.6. The summed E-state index contributed by atoms with van der Waals surface area (Å²) in [5.74, 6) is 0.559.